The maximum Gasteiger partial charge on any atom is 0.256 e. The van der Waals surface area contributed by atoms with E-state index in [1.54, 1.807) is 7.11 Å². The van der Waals surface area contributed by atoms with Gasteiger partial charge in [-0.25, -0.2) is 0 Å². The highest BCUT2D eigenvalue weighted by Crippen LogP contribution is 2.35. The first-order chi connectivity index (χ1) is 12.3. The highest BCUT2D eigenvalue weighted by atomic mass is 16.7. The predicted molar refractivity (Wildman–Crippen MR) is 89.9 cm³/mol. The fourth-order valence-corrected chi connectivity index (χ4v) is 2.81. The summed E-state index contributed by atoms with van der Waals surface area (Å²) in [6.07, 6.45) is -0.0619. The first-order valence-electron chi connectivity index (χ1n) is 8.14. The third-order valence-electron chi connectivity index (χ3n) is 4.07. The molecule has 1 aliphatic heterocycles. The Morgan fingerprint density at radius 2 is 1.84 bits per heavy atom. The quantitative estimate of drug-likeness (QED) is 0.718. The Hall–Kier alpha value is -2.70. The van der Waals surface area contributed by atoms with Crippen molar-refractivity contribution in [1.29, 1.82) is 0 Å². The molecule has 0 aliphatic carbocycles. The second-order valence-electron chi connectivity index (χ2n) is 5.68. The van der Waals surface area contributed by atoms with Crippen molar-refractivity contribution < 1.29 is 18.7 Å². The van der Waals surface area contributed by atoms with Crippen molar-refractivity contribution in [2.45, 2.75) is 18.8 Å². The van der Waals surface area contributed by atoms with Gasteiger partial charge in [0, 0.05) is 12.0 Å². The number of hydrogen-bond acceptors (Lipinski definition) is 6. The summed E-state index contributed by atoms with van der Waals surface area (Å²) in [6, 6.07) is 17.4. The van der Waals surface area contributed by atoms with Crippen molar-refractivity contribution in [1.82, 2.24) is 10.1 Å². The van der Waals surface area contributed by atoms with E-state index in [-0.39, 0.29) is 6.10 Å². The van der Waals surface area contributed by atoms with E-state index in [2.05, 4.69) is 10.1 Å². The Bertz CT molecular complexity index is 834. The molecule has 0 saturated carbocycles. The summed E-state index contributed by atoms with van der Waals surface area (Å²) in [5.41, 5.74) is 1.75. The molecule has 1 aromatic heterocycles. The van der Waals surface area contributed by atoms with Gasteiger partial charge >= 0.3 is 0 Å². The van der Waals surface area contributed by atoms with Crippen LogP contribution in [0.4, 0.5) is 0 Å². The second-order valence-corrected chi connectivity index (χ2v) is 5.68. The minimum absolute atomic E-state index is 0.296. The van der Waals surface area contributed by atoms with Gasteiger partial charge in [0.2, 0.25) is 5.82 Å². The minimum Gasteiger partial charge on any atom is -0.496 e. The van der Waals surface area contributed by atoms with E-state index in [4.69, 9.17) is 18.7 Å². The van der Waals surface area contributed by atoms with Crippen LogP contribution in [0.5, 0.6) is 5.75 Å². The van der Waals surface area contributed by atoms with E-state index in [0.29, 0.717) is 30.5 Å². The van der Waals surface area contributed by atoms with Crippen molar-refractivity contribution in [2.75, 3.05) is 13.7 Å². The van der Waals surface area contributed by atoms with E-state index in [1.165, 1.54) is 0 Å². The highest BCUT2D eigenvalue weighted by molar-refractivity contribution is 5.63. The van der Waals surface area contributed by atoms with Crippen LogP contribution in [-0.2, 0) is 9.47 Å². The second kappa shape index (κ2) is 7.04. The Labute approximate surface area is 145 Å². The normalized spacial score (nSPS) is 20.4. The van der Waals surface area contributed by atoms with Crippen LogP contribution in [0, 0.1) is 0 Å². The molecule has 1 aliphatic rings. The van der Waals surface area contributed by atoms with Gasteiger partial charge in [-0.05, 0) is 12.1 Å². The molecular formula is C19H18N2O4. The summed E-state index contributed by atoms with van der Waals surface area (Å²) in [6.45, 7) is 0.566. The maximum absolute atomic E-state index is 6.01. The Morgan fingerprint density at radius 1 is 1.04 bits per heavy atom. The molecule has 3 aromatic rings. The van der Waals surface area contributed by atoms with E-state index in [0.717, 1.165) is 11.1 Å². The topological polar surface area (TPSA) is 66.6 Å². The number of methoxy groups -OCH3 is 1. The van der Waals surface area contributed by atoms with Crippen LogP contribution in [0.3, 0.4) is 0 Å². The molecule has 6 heteroatoms. The van der Waals surface area contributed by atoms with Crippen molar-refractivity contribution in [3.8, 4) is 17.1 Å². The number of nitrogens with zero attached hydrogens (tertiary/aromatic N) is 2. The standard InChI is InChI=1S/C19H18N2O4/c1-22-15-10-6-5-9-14(15)17-20-18(25-21-17)16-11-12-23-19(24-16)13-7-3-2-4-8-13/h2-10,16,19H,11-12H2,1H3. The maximum atomic E-state index is 6.01. The molecule has 0 radical (unpaired) electrons. The van der Waals surface area contributed by atoms with Gasteiger partial charge in [-0.2, -0.15) is 4.98 Å². The highest BCUT2D eigenvalue weighted by Gasteiger charge is 2.30. The van der Waals surface area contributed by atoms with E-state index < -0.39 is 6.29 Å². The van der Waals surface area contributed by atoms with Gasteiger partial charge in [0.25, 0.3) is 5.89 Å². The molecule has 1 fully saturated rings. The zero-order chi connectivity index (χ0) is 17.1. The van der Waals surface area contributed by atoms with E-state index in [9.17, 15) is 0 Å². The average Bonchev–Trinajstić information content (AvgIpc) is 3.19. The zero-order valence-electron chi connectivity index (χ0n) is 13.8. The molecule has 2 heterocycles. The van der Waals surface area contributed by atoms with E-state index >= 15 is 0 Å². The molecule has 0 bridgehead atoms. The number of para-hydroxylation sites is 1. The van der Waals surface area contributed by atoms with Crippen molar-refractivity contribution in [3.05, 3.63) is 66.1 Å². The lowest BCUT2D eigenvalue weighted by atomic mass is 10.1. The third-order valence-corrected chi connectivity index (χ3v) is 4.07. The molecule has 6 nitrogen and oxygen atoms in total. The van der Waals surface area contributed by atoms with Gasteiger partial charge in [-0.15, -0.1) is 0 Å². The molecule has 0 N–H and O–H groups in total. The average molecular weight is 338 g/mol. The molecule has 25 heavy (non-hydrogen) atoms. The van der Waals surface area contributed by atoms with Gasteiger partial charge in [-0.1, -0.05) is 47.6 Å². The number of benzene rings is 2. The Balaban J connectivity index is 1.55. The zero-order valence-corrected chi connectivity index (χ0v) is 13.8. The van der Waals surface area contributed by atoms with Gasteiger partial charge in [0.1, 0.15) is 11.9 Å². The number of ether oxygens (including phenoxy) is 3. The summed E-state index contributed by atoms with van der Waals surface area (Å²) < 4.78 is 22.5. The first kappa shape index (κ1) is 15.8. The molecule has 2 atom stereocenters. The van der Waals surface area contributed by atoms with Crippen LogP contribution in [0.1, 0.15) is 30.3 Å². The minimum atomic E-state index is -0.429. The number of hydrogen-bond donors (Lipinski definition) is 0. The van der Waals surface area contributed by atoms with Crippen molar-refractivity contribution >= 4 is 0 Å². The van der Waals surface area contributed by atoms with Gasteiger partial charge in [0.15, 0.2) is 6.29 Å². The Kier molecular flexibility index (Phi) is 4.45. The van der Waals surface area contributed by atoms with Gasteiger partial charge in [-0.3, -0.25) is 0 Å². The van der Waals surface area contributed by atoms with Crippen LogP contribution in [0.2, 0.25) is 0 Å². The number of aromatic nitrogens is 2. The monoisotopic (exact) mass is 338 g/mol. The van der Waals surface area contributed by atoms with Crippen LogP contribution in [0.15, 0.2) is 59.1 Å². The van der Waals surface area contributed by atoms with E-state index in [1.807, 2.05) is 54.6 Å². The lowest BCUT2D eigenvalue weighted by Crippen LogP contribution is -2.21. The number of rotatable bonds is 4. The largest absolute Gasteiger partial charge is 0.496 e. The lowest BCUT2D eigenvalue weighted by Gasteiger charge is -2.28. The molecule has 2 unspecified atom stereocenters. The molecule has 1 saturated heterocycles. The van der Waals surface area contributed by atoms with Crippen LogP contribution < -0.4 is 4.74 Å². The van der Waals surface area contributed by atoms with Crippen LogP contribution in [0.25, 0.3) is 11.4 Å². The molecule has 128 valence electrons. The molecule has 0 amide bonds. The molecular weight excluding hydrogens is 320 g/mol. The summed E-state index contributed by atoms with van der Waals surface area (Å²) in [5, 5.41) is 4.08. The lowest BCUT2D eigenvalue weighted by molar-refractivity contribution is -0.225. The SMILES string of the molecule is COc1ccccc1-c1noc(C2CCOC(c3ccccc3)O2)n1. The third kappa shape index (κ3) is 3.26. The van der Waals surface area contributed by atoms with Gasteiger partial charge in [0.05, 0.1) is 19.3 Å². The van der Waals surface area contributed by atoms with Crippen molar-refractivity contribution in [3.63, 3.8) is 0 Å². The predicted octanol–water partition coefficient (Wildman–Crippen LogP) is 3.92. The molecule has 0 spiro atoms. The summed E-state index contributed by atoms with van der Waals surface area (Å²) in [7, 11) is 1.62. The van der Waals surface area contributed by atoms with Crippen LogP contribution >= 0.6 is 0 Å². The first-order valence-corrected chi connectivity index (χ1v) is 8.14. The molecule has 2 aromatic carbocycles. The fourth-order valence-electron chi connectivity index (χ4n) is 2.81. The van der Waals surface area contributed by atoms with Crippen LogP contribution in [-0.4, -0.2) is 23.9 Å². The smallest absolute Gasteiger partial charge is 0.256 e. The Morgan fingerprint density at radius 3 is 2.68 bits per heavy atom. The van der Waals surface area contributed by atoms with Gasteiger partial charge < -0.3 is 18.7 Å². The summed E-state index contributed by atoms with van der Waals surface area (Å²) in [4.78, 5) is 4.50. The van der Waals surface area contributed by atoms with Crippen molar-refractivity contribution in [2.24, 2.45) is 0 Å². The summed E-state index contributed by atoms with van der Waals surface area (Å²) >= 11 is 0. The fraction of sp³-hybridized carbons (Fsp3) is 0.263. The summed E-state index contributed by atoms with van der Waals surface area (Å²) in [5.74, 6) is 1.63. The molecule has 4 rings (SSSR count).